The number of hydrogen-bond donors (Lipinski definition) is 2. The molecule has 0 radical (unpaired) electrons. The summed E-state index contributed by atoms with van der Waals surface area (Å²) in [6.07, 6.45) is 4.78. The first-order valence-electron chi connectivity index (χ1n) is 8.11. The lowest BCUT2D eigenvalue weighted by Gasteiger charge is -2.35. The summed E-state index contributed by atoms with van der Waals surface area (Å²) in [5, 5.41) is 3.14. The first-order valence-corrected chi connectivity index (χ1v) is 10.0. The van der Waals surface area contributed by atoms with Crippen molar-refractivity contribution in [2.75, 3.05) is 11.0 Å². The van der Waals surface area contributed by atoms with Gasteiger partial charge in [-0.2, -0.15) is 0 Å². The second-order valence-corrected chi connectivity index (χ2v) is 8.44. The molecule has 1 aliphatic rings. The lowest BCUT2D eigenvalue weighted by atomic mass is 9.78. The van der Waals surface area contributed by atoms with Crippen molar-refractivity contribution in [3.8, 4) is 0 Å². The number of benzene rings is 1. The number of carbonyl (C=O) groups is 1. The molecule has 1 aromatic rings. The predicted molar refractivity (Wildman–Crippen MR) is 92.7 cm³/mol. The number of hydrogen-bond acceptors (Lipinski definition) is 3. The van der Waals surface area contributed by atoms with Crippen molar-refractivity contribution in [3.63, 3.8) is 0 Å². The highest BCUT2D eigenvalue weighted by atomic mass is 32.2. The number of sulfonamides is 1. The molecular formula is C17H26N2O3S. The van der Waals surface area contributed by atoms with Crippen molar-refractivity contribution >= 4 is 21.6 Å². The molecule has 0 bridgehead atoms. The smallest absolute Gasteiger partial charge is 0.229 e. The minimum absolute atomic E-state index is 0.0571. The monoisotopic (exact) mass is 338 g/mol. The Morgan fingerprint density at radius 1 is 1.17 bits per heavy atom. The number of carbonyl (C=O) groups excluding carboxylic acids is 1. The van der Waals surface area contributed by atoms with Crippen molar-refractivity contribution in [1.29, 1.82) is 0 Å². The predicted octanol–water partition coefficient (Wildman–Crippen LogP) is 2.54. The van der Waals surface area contributed by atoms with Crippen LogP contribution in [-0.2, 0) is 21.2 Å². The molecule has 5 nitrogen and oxygen atoms in total. The topological polar surface area (TPSA) is 75.3 Å². The van der Waals surface area contributed by atoms with Crippen LogP contribution in [0.1, 0.15) is 38.7 Å². The molecule has 128 valence electrons. The quantitative estimate of drug-likeness (QED) is 0.866. The Kier molecular flexibility index (Phi) is 5.68. The van der Waals surface area contributed by atoms with Gasteiger partial charge >= 0.3 is 0 Å². The Hall–Kier alpha value is -1.56. The van der Waals surface area contributed by atoms with Gasteiger partial charge in [0.15, 0.2) is 0 Å². The minimum Gasteiger partial charge on any atom is -0.353 e. The van der Waals surface area contributed by atoms with E-state index in [1.165, 1.54) is 6.42 Å². The Morgan fingerprint density at radius 3 is 2.39 bits per heavy atom. The van der Waals surface area contributed by atoms with Crippen LogP contribution in [0, 0.1) is 11.8 Å². The van der Waals surface area contributed by atoms with Crippen LogP contribution in [-0.4, -0.2) is 26.6 Å². The van der Waals surface area contributed by atoms with Crippen LogP contribution in [0.4, 0.5) is 5.69 Å². The summed E-state index contributed by atoms with van der Waals surface area (Å²) in [4.78, 5) is 12.4. The van der Waals surface area contributed by atoms with E-state index in [0.29, 0.717) is 23.1 Å². The molecule has 0 heterocycles. The van der Waals surface area contributed by atoms with Crippen molar-refractivity contribution in [1.82, 2.24) is 5.32 Å². The van der Waals surface area contributed by atoms with Gasteiger partial charge in [0, 0.05) is 6.04 Å². The molecule has 0 unspecified atom stereocenters. The van der Waals surface area contributed by atoms with Crippen LogP contribution in [0.25, 0.3) is 0 Å². The lowest BCUT2D eigenvalue weighted by molar-refractivity contribution is -0.122. The molecular weight excluding hydrogens is 312 g/mol. The Morgan fingerprint density at radius 2 is 1.78 bits per heavy atom. The molecule has 1 aromatic carbocycles. The Bertz CT molecular complexity index is 648. The maximum absolute atomic E-state index is 12.4. The van der Waals surface area contributed by atoms with Gasteiger partial charge in [-0.1, -0.05) is 38.5 Å². The zero-order valence-corrected chi connectivity index (χ0v) is 14.8. The van der Waals surface area contributed by atoms with Gasteiger partial charge in [-0.3, -0.25) is 9.52 Å². The number of amides is 1. The standard InChI is InChI=1S/C17H26N2O3S/c1-12-7-6-8-13(2)17(12)18-16(20)11-14-9-4-5-10-15(14)19-23(3,21)22/h4-5,9-10,12-13,17,19H,6-8,11H2,1-3H3,(H,18,20)/t12-,13-/m1/s1. The van der Waals surface area contributed by atoms with Crippen molar-refractivity contribution < 1.29 is 13.2 Å². The number of anilines is 1. The fourth-order valence-corrected chi connectivity index (χ4v) is 3.95. The fourth-order valence-electron chi connectivity index (χ4n) is 3.35. The normalized spacial score (nSPS) is 22.6. The highest BCUT2D eigenvalue weighted by molar-refractivity contribution is 7.92. The van der Waals surface area contributed by atoms with E-state index in [0.717, 1.165) is 19.1 Å². The van der Waals surface area contributed by atoms with Crippen LogP contribution in [0.5, 0.6) is 0 Å². The molecule has 0 spiro atoms. The van der Waals surface area contributed by atoms with E-state index < -0.39 is 10.0 Å². The molecule has 1 fully saturated rings. The van der Waals surface area contributed by atoms with E-state index in [9.17, 15) is 13.2 Å². The van der Waals surface area contributed by atoms with Crippen molar-refractivity contribution in [2.24, 2.45) is 11.8 Å². The van der Waals surface area contributed by atoms with Gasteiger partial charge in [0.1, 0.15) is 0 Å². The van der Waals surface area contributed by atoms with E-state index in [2.05, 4.69) is 23.9 Å². The number of para-hydroxylation sites is 1. The lowest BCUT2D eigenvalue weighted by Crippen LogP contribution is -2.46. The number of rotatable bonds is 5. The zero-order valence-electron chi connectivity index (χ0n) is 14.0. The van der Waals surface area contributed by atoms with Gasteiger partial charge in [0.25, 0.3) is 0 Å². The molecule has 0 aliphatic heterocycles. The summed E-state index contributed by atoms with van der Waals surface area (Å²) in [6, 6.07) is 7.21. The summed E-state index contributed by atoms with van der Waals surface area (Å²) in [5.74, 6) is 0.900. The van der Waals surface area contributed by atoms with E-state index >= 15 is 0 Å². The average molecular weight is 338 g/mol. The average Bonchev–Trinajstić information content (AvgIpc) is 2.44. The molecule has 6 heteroatoms. The van der Waals surface area contributed by atoms with E-state index in [4.69, 9.17) is 0 Å². The third kappa shape index (κ3) is 5.23. The molecule has 0 aromatic heterocycles. The molecule has 1 amide bonds. The first kappa shape index (κ1) is 17.8. The van der Waals surface area contributed by atoms with Crippen LogP contribution >= 0.6 is 0 Å². The maximum Gasteiger partial charge on any atom is 0.229 e. The van der Waals surface area contributed by atoms with Crippen LogP contribution < -0.4 is 10.0 Å². The van der Waals surface area contributed by atoms with Gasteiger partial charge in [-0.25, -0.2) is 8.42 Å². The van der Waals surface area contributed by atoms with Gasteiger partial charge < -0.3 is 5.32 Å². The summed E-state index contributed by atoms with van der Waals surface area (Å²) in [7, 11) is -3.36. The highest BCUT2D eigenvalue weighted by Crippen LogP contribution is 2.29. The van der Waals surface area contributed by atoms with Gasteiger partial charge in [-0.05, 0) is 36.3 Å². The van der Waals surface area contributed by atoms with Gasteiger partial charge in [0.2, 0.25) is 15.9 Å². The van der Waals surface area contributed by atoms with Gasteiger partial charge in [0.05, 0.1) is 18.4 Å². The molecule has 23 heavy (non-hydrogen) atoms. The second-order valence-electron chi connectivity index (χ2n) is 6.69. The number of nitrogens with one attached hydrogen (secondary N) is 2. The molecule has 2 atom stereocenters. The summed E-state index contributed by atoms with van der Waals surface area (Å²) in [6.45, 7) is 4.36. The third-order valence-corrected chi connectivity index (χ3v) is 5.13. The summed E-state index contributed by atoms with van der Waals surface area (Å²) < 4.78 is 25.3. The molecule has 1 aliphatic carbocycles. The molecule has 1 saturated carbocycles. The van der Waals surface area contributed by atoms with Crippen LogP contribution in [0.3, 0.4) is 0 Å². The van der Waals surface area contributed by atoms with Gasteiger partial charge in [-0.15, -0.1) is 0 Å². The van der Waals surface area contributed by atoms with Crippen molar-refractivity contribution in [3.05, 3.63) is 29.8 Å². The molecule has 2 rings (SSSR count). The third-order valence-electron chi connectivity index (χ3n) is 4.54. The summed E-state index contributed by atoms with van der Waals surface area (Å²) >= 11 is 0. The second kappa shape index (κ2) is 7.34. The Labute approximate surface area is 138 Å². The first-order chi connectivity index (χ1) is 10.8. The van der Waals surface area contributed by atoms with Crippen LogP contribution in [0.15, 0.2) is 24.3 Å². The van der Waals surface area contributed by atoms with Crippen molar-refractivity contribution in [2.45, 2.75) is 45.6 Å². The SMILES string of the molecule is C[C@@H]1CCC[C@@H](C)C1NC(=O)Cc1ccccc1NS(C)(=O)=O. The zero-order chi connectivity index (χ0) is 17.0. The van der Waals surface area contributed by atoms with E-state index in [1.807, 2.05) is 6.07 Å². The Balaban J connectivity index is 2.05. The molecule has 2 N–H and O–H groups in total. The maximum atomic E-state index is 12.4. The van der Waals surface area contributed by atoms with E-state index in [1.54, 1.807) is 18.2 Å². The summed E-state index contributed by atoms with van der Waals surface area (Å²) in [5.41, 5.74) is 1.15. The highest BCUT2D eigenvalue weighted by Gasteiger charge is 2.28. The van der Waals surface area contributed by atoms with E-state index in [-0.39, 0.29) is 18.4 Å². The van der Waals surface area contributed by atoms with Crippen LogP contribution in [0.2, 0.25) is 0 Å². The minimum atomic E-state index is -3.36. The fraction of sp³-hybridized carbons (Fsp3) is 0.588. The molecule has 0 saturated heterocycles. The largest absolute Gasteiger partial charge is 0.353 e.